The molecule has 1 aromatic heterocycles. The molecule has 0 aliphatic heterocycles. The number of carbonyl (C=O) groups is 1. The van der Waals surface area contributed by atoms with Gasteiger partial charge < -0.3 is 0 Å². The second kappa shape index (κ2) is 10.5. The van der Waals surface area contributed by atoms with Gasteiger partial charge in [-0.3, -0.25) is 9.36 Å². The minimum atomic E-state index is -0.249. The van der Waals surface area contributed by atoms with Gasteiger partial charge in [-0.15, -0.1) is 10.2 Å². The van der Waals surface area contributed by atoms with Crippen molar-refractivity contribution >= 4 is 47.1 Å². The molecule has 0 bridgehead atoms. The van der Waals surface area contributed by atoms with Gasteiger partial charge in [-0.05, 0) is 54.1 Å². The van der Waals surface area contributed by atoms with Gasteiger partial charge in [0.15, 0.2) is 11.0 Å². The van der Waals surface area contributed by atoms with Crippen molar-refractivity contribution in [1.82, 2.24) is 20.2 Å². The number of aromatic nitrogens is 3. The Morgan fingerprint density at radius 3 is 2.28 bits per heavy atom. The number of halogens is 2. The zero-order valence-corrected chi connectivity index (χ0v) is 19.0. The minimum absolute atomic E-state index is 0.123. The van der Waals surface area contributed by atoms with E-state index in [1.54, 1.807) is 30.5 Å². The van der Waals surface area contributed by atoms with Crippen LogP contribution in [0.4, 0.5) is 0 Å². The Morgan fingerprint density at radius 1 is 0.938 bits per heavy atom. The van der Waals surface area contributed by atoms with Gasteiger partial charge in [0.1, 0.15) is 0 Å². The Morgan fingerprint density at radius 2 is 1.59 bits per heavy atom. The van der Waals surface area contributed by atoms with E-state index in [2.05, 4.69) is 20.7 Å². The molecule has 1 heterocycles. The molecular formula is C23H17Cl2N5OS. The quantitative estimate of drug-likeness (QED) is 0.215. The molecule has 1 N–H and O–H groups in total. The number of carbonyl (C=O) groups excluding carboxylic acids is 1. The Kier molecular flexibility index (Phi) is 7.21. The Labute approximate surface area is 199 Å². The second-order valence-electron chi connectivity index (χ2n) is 6.62. The molecule has 0 saturated carbocycles. The first-order chi connectivity index (χ1) is 15.6. The Bertz CT molecular complexity index is 1230. The molecule has 0 saturated heterocycles. The SMILES string of the molecule is O=C(CSc1nnc(-c2ccc(Cl)cc2)n1-c1ccc(Cl)cc1)NN=Cc1ccccc1. The van der Waals surface area contributed by atoms with Gasteiger partial charge in [-0.25, -0.2) is 5.43 Å². The van der Waals surface area contributed by atoms with Crippen LogP contribution in [0, 0.1) is 0 Å². The number of thioether (sulfide) groups is 1. The summed E-state index contributed by atoms with van der Waals surface area (Å²) in [5.74, 6) is 0.508. The van der Waals surface area contributed by atoms with Gasteiger partial charge in [0, 0.05) is 21.3 Å². The van der Waals surface area contributed by atoms with Crippen molar-refractivity contribution in [2.75, 3.05) is 5.75 Å². The molecule has 4 aromatic rings. The van der Waals surface area contributed by atoms with Crippen molar-refractivity contribution in [3.8, 4) is 17.1 Å². The van der Waals surface area contributed by atoms with Gasteiger partial charge in [0.2, 0.25) is 0 Å². The van der Waals surface area contributed by atoms with Crippen LogP contribution in [0.25, 0.3) is 17.1 Å². The molecule has 3 aromatic carbocycles. The molecule has 0 unspecified atom stereocenters. The van der Waals surface area contributed by atoms with Crippen LogP contribution < -0.4 is 5.43 Å². The Balaban J connectivity index is 1.53. The van der Waals surface area contributed by atoms with E-state index >= 15 is 0 Å². The summed E-state index contributed by atoms with van der Waals surface area (Å²) in [6.45, 7) is 0. The van der Waals surface area contributed by atoms with E-state index in [-0.39, 0.29) is 11.7 Å². The highest BCUT2D eigenvalue weighted by atomic mass is 35.5. The molecule has 4 rings (SSSR count). The molecule has 160 valence electrons. The molecule has 0 aliphatic rings. The third kappa shape index (κ3) is 5.56. The summed E-state index contributed by atoms with van der Waals surface area (Å²) < 4.78 is 1.88. The number of hydrogen-bond donors (Lipinski definition) is 1. The lowest BCUT2D eigenvalue weighted by molar-refractivity contribution is -0.118. The first-order valence-electron chi connectivity index (χ1n) is 9.57. The number of nitrogens with one attached hydrogen (secondary N) is 1. The number of hydrazone groups is 1. The lowest BCUT2D eigenvalue weighted by Gasteiger charge is -2.10. The maximum atomic E-state index is 12.3. The fourth-order valence-corrected chi connectivity index (χ4v) is 3.85. The average molecular weight is 482 g/mol. The maximum Gasteiger partial charge on any atom is 0.250 e. The highest BCUT2D eigenvalue weighted by molar-refractivity contribution is 7.99. The third-order valence-electron chi connectivity index (χ3n) is 4.36. The van der Waals surface area contributed by atoms with Gasteiger partial charge in [-0.1, -0.05) is 65.3 Å². The van der Waals surface area contributed by atoms with Crippen LogP contribution >= 0.6 is 35.0 Å². The summed E-state index contributed by atoms with van der Waals surface area (Å²) >= 11 is 13.3. The van der Waals surface area contributed by atoms with Gasteiger partial charge in [0.25, 0.3) is 5.91 Å². The summed E-state index contributed by atoms with van der Waals surface area (Å²) in [6, 6.07) is 24.2. The number of benzene rings is 3. The van der Waals surface area contributed by atoms with Crippen LogP contribution in [-0.4, -0.2) is 32.6 Å². The summed E-state index contributed by atoms with van der Waals surface area (Å²) in [6.07, 6.45) is 1.59. The average Bonchev–Trinajstić information content (AvgIpc) is 3.23. The zero-order valence-electron chi connectivity index (χ0n) is 16.7. The minimum Gasteiger partial charge on any atom is -0.272 e. The van der Waals surface area contributed by atoms with E-state index < -0.39 is 0 Å². The smallest absolute Gasteiger partial charge is 0.250 e. The monoisotopic (exact) mass is 481 g/mol. The van der Waals surface area contributed by atoms with E-state index in [1.807, 2.05) is 59.2 Å². The zero-order chi connectivity index (χ0) is 22.3. The topological polar surface area (TPSA) is 72.2 Å². The standard InChI is InChI=1S/C23H17Cl2N5OS/c24-18-8-6-17(7-9-18)22-28-29-23(30(22)20-12-10-19(25)11-13-20)32-15-21(31)27-26-14-16-4-2-1-3-5-16/h1-14H,15H2,(H,27,31). The summed E-state index contributed by atoms with van der Waals surface area (Å²) in [7, 11) is 0. The highest BCUT2D eigenvalue weighted by Crippen LogP contribution is 2.29. The van der Waals surface area contributed by atoms with Crippen LogP contribution in [0.3, 0.4) is 0 Å². The van der Waals surface area contributed by atoms with E-state index in [9.17, 15) is 4.79 Å². The molecule has 0 fully saturated rings. The lowest BCUT2D eigenvalue weighted by atomic mass is 10.2. The molecule has 6 nitrogen and oxygen atoms in total. The molecule has 9 heteroatoms. The van der Waals surface area contributed by atoms with Gasteiger partial charge >= 0.3 is 0 Å². The molecule has 0 radical (unpaired) electrons. The molecular weight excluding hydrogens is 465 g/mol. The molecule has 1 amide bonds. The first kappa shape index (κ1) is 22.1. The lowest BCUT2D eigenvalue weighted by Crippen LogP contribution is -2.20. The fraction of sp³-hybridized carbons (Fsp3) is 0.0435. The van der Waals surface area contributed by atoms with Crippen LogP contribution in [0.5, 0.6) is 0 Å². The maximum absolute atomic E-state index is 12.3. The number of hydrogen-bond acceptors (Lipinski definition) is 5. The summed E-state index contributed by atoms with van der Waals surface area (Å²) in [4.78, 5) is 12.3. The third-order valence-corrected chi connectivity index (χ3v) is 5.79. The fourth-order valence-electron chi connectivity index (χ4n) is 2.85. The van der Waals surface area contributed by atoms with Crippen LogP contribution in [0.2, 0.25) is 10.0 Å². The molecule has 0 aliphatic carbocycles. The van der Waals surface area contributed by atoms with E-state index in [1.165, 1.54) is 11.8 Å². The van der Waals surface area contributed by atoms with Crippen LogP contribution in [0.15, 0.2) is 89.1 Å². The van der Waals surface area contributed by atoms with Crippen LogP contribution in [-0.2, 0) is 4.79 Å². The van der Waals surface area contributed by atoms with Gasteiger partial charge in [0.05, 0.1) is 12.0 Å². The highest BCUT2D eigenvalue weighted by Gasteiger charge is 2.17. The number of nitrogens with zero attached hydrogens (tertiary/aromatic N) is 4. The summed E-state index contributed by atoms with van der Waals surface area (Å²) in [5, 5.41) is 14.5. The predicted molar refractivity (Wildman–Crippen MR) is 130 cm³/mol. The normalized spacial score (nSPS) is 11.1. The first-order valence-corrected chi connectivity index (χ1v) is 11.3. The largest absolute Gasteiger partial charge is 0.272 e. The Hall–Kier alpha value is -3.13. The van der Waals surface area contributed by atoms with Gasteiger partial charge in [-0.2, -0.15) is 5.10 Å². The van der Waals surface area contributed by atoms with E-state index in [4.69, 9.17) is 23.2 Å². The van der Waals surface area contributed by atoms with Crippen molar-refractivity contribution in [2.45, 2.75) is 5.16 Å². The predicted octanol–water partition coefficient (Wildman–Crippen LogP) is 5.48. The van der Waals surface area contributed by atoms with Crippen LogP contribution in [0.1, 0.15) is 5.56 Å². The number of rotatable bonds is 7. The van der Waals surface area contributed by atoms with E-state index in [0.717, 1.165) is 16.8 Å². The molecule has 0 atom stereocenters. The van der Waals surface area contributed by atoms with E-state index in [0.29, 0.717) is 21.0 Å². The summed E-state index contributed by atoms with van der Waals surface area (Å²) in [5.41, 5.74) is 5.11. The van der Waals surface area contributed by atoms with Crippen molar-refractivity contribution in [1.29, 1.82) is 0 Å². The number of amides is 1. The van der Waals surface area contributed by atoms with Crippen molar-refractivity contribution in [3.63, 3.8) is 0 Å². The molecule has 0 spiro atoms. The molecule has 32 heavy (non-hydrogen) atoms. The van der Waals surface area contributed by atoms with Crippen molar-refractivity contribution in [3.05, 3.63) is 94.5 Å². The van der Waals surface area contributed by atoms with Crippen molar-refractivity contribution < 1.29 is 4.79 Å². The second-order valence-corrected chi connectivity index (χ2v) is 8.43. The van der Waals surface area contributed by atoms with Crippen molar-refractivity contribution in [2.24, 2.45) is 5.10 Å².